The molecule has 0 amide bonds. The van der Waals surface area contributed by atoms with Crippen LogP contribution in [-0.4, -0.2) is 0 Å². The molecule has 0 spiro atoms. The Hall–Kier alpha value is -1.56. The van der Waals surface area contributed by atoms with Crippen LogP contribution < -0.4 is 0 Å². The van der Waals surface area contributed by atoms with Gasteiger partial charge < -0.3 is 0 Å². The molecule has 1 aromatic rings. The van der Waals surface area contributed by atoms with Crippen molar-refractivity contribution in [2.24, 2.45) is 0 Å². The van der Waals surface area contributed by atoms with Crippen LogP contribution in [0, 0.1) is 0 Å². The average Bonchev–Trinajstić information content (AvgIpc) is 2.48. The predicted molar refractivity (Wildman–Crippen MR) is 86.4 cm³/mol. The first-order valence-corrected chi connectivity index (χ1v) is 7.17. The Morgan fingerprint density at radius 3 is 2.05 bits per heavy atom. The molecule has 0 aliphatic carbocycles. The van der Waals surface area contributed by atoms with E-state index in [1.54, 1.807) is 0 Å². The number of hydrogen-bond acceptors (Lipinski definition) is 0. The zero-order chi connectivity index (χ0) is 14.0. The zero-order valence-electron chi connectivity index (χ0n) is 12.1. The third-order valence-electron chi connectivity index (χ3n) is 3.78. The fraction of sp³-hybridized carbons (Fsp3) is 0.368. The molecule has 0 saturated carbocycles. The average molecular weight is 254 g/mol. The van der Waals surface area contributed by atoms with Gasteiger partial charge in [0.2, 0.25) is 0 Å². The van der Waals surface area contributed by atoms with Crippen molar-refractivity contribution in [3.05, 3.63) is 73.4 Å². The topological polar surface area (TPSA) is 0 Å². The quantitative estimate of drug-likeness (QED) is 0.487. The van der Waals surface area contributed by atoms with E-state index in [9.17, 15) is 0 Å². The summed E-state index contributed by atoms with van der Waals surface area (Å²) in [5.41, 5.74) is 1.66. The van der Waals surface area contributed by atoms with E-state index in [1.807, 2.05) is 12.2 Å². The van der Waals surface area contributed by atoms with Gasteiger partial charge in [0, 0.05) is 0 Å². The molecule has 0 radical (unpaired) electrons. The van der Waals surface area contributed by atoms with E-state index in [1.165, 1.54) is 5.56 Å². The molecule has 0 heteroatoms. The Morgan fingerprint density at radius 2 is 1.58 bits per heavy atom. The predicted octanol–water partition coefficient (Wildman–Crippen LogP) is 5.82. The summed E-state index contributed by atoms with van der Waals surface area (Å²) in [5, 5.41) is 0. The van der Waals surface area contributed by atoms with Gasteiger partial charge in [-0.25, -0.2) is 0 Å². The number of allylic oxidation sites excluding steroid dienone is 4. The molecule has 0 unspecified atom stereocenters. The van der Waals surface area contributed by atoms with Crippen LogP contribution in [0.15, 0.2) is 67.8 Å². The van der Waals surface area contributed by atoms with Crippen LogP contribution in [-0.2, 0) is 5.41 Å². The molecule has 0 aliphatic rings. The van der Waals surface area contributed by atoms with E-state index in [2.05, 4.69) is 62.6 Å². The molecule has 0 aliphatic heterocycles. The van der Waals surface area contributed by atoms with Gasteiger partial charge in [0.05, 0.1) is 0 Å². The summed E-state index contributed by atoms with van der Waals surface area (Å²) in [6.07, 6.45) is 14.0. The van der Waals surface area contributed by atoms with Crippen LogP contribution >= 0.6 is 0 Å². The van der Waals surface area contributed by atoms with Crippen LogP contribution in [0.5, 0.6) is 0 Å². The summed E-state index contributed by atoms with van der Waals surface area (Å²) in [6.45, 7) is 9.85. The normalized spacial score (nSPS) is 11.6. The van der Waals surface area contributed by atoms with Gasteiger partial charge in [0.15, 0.2) is 0 Å². The molecule has 0 N–H and O–H groups in total. The SMILES string of the molecule is C=CCCC(CC=CC)(CCC=C)c1ccccc1. The van der Waals surface area contributed by atoms with Crippen molar-refractivity contribution in [1.82, 2.24) is 0 Å². The highest BCUT2D eigenvalue weighted by molar-refractivity contribution is 5.27. The molecule has 1 aromatic carbocycles. The number of hydrogen-bond donors (Lipinski definition) is 0. The molecule has 0 bridgehead atoms. The van der Waals surface area contributed by atoms with E-state index in [-0.39, 0.29) is 5.41 Å². The van der Waals surface area contributed by atoms with Crippen LogP contribution in [0.2, 0.25) is 0 Å². The summed E-state index contributed by atoms with van der Waals surface area (Å²) in [4.78, 5) is 0. The fourth-order valence-electron chi connectivity index (χ4n) is 2.63. The van der Waals surface area contributed by atoms with E-state index in [4.69, 9.17) is 0 Å². The Labute approximate surface area is 118 Å². The van der Waals surface area contributed by atoms with Gasteiger partial charge in [0.1, 0.15) is 0 Å². The lowest BCUT2D eigenvalue weighted by Gasteiger charge is -2.33. The van der Waals surface area contributed by atoms with Gasteiger partial charge in [-0.1, -0.05) is 54.6 Å². The Balaban J connectivity index is 3.07. The Kier molecular flexibility index (Phi) is 6.95. The molecule has 0 fully saturated rings. The lowest BCUT2D eigenvalue weighted by Crippen LogP contribution is -2.25. The standard InChI is InChI=1S/C19H26/c1-4-7-15-19(16-8-5-2,17-9-6-3)18-13-11-10-12-14-18/h4-6,9-14H,1-2,7-8,15-17H2,3H3. The van der Waals surface area contributed by atoms with Crippen molar-refractivity contribution in [2.45, 2.75) is 44.4 Å². The van der Waals surface area contributed by atoms with Gasteiger partial charge in [0.25, 0.3) is 0 Å². The number of benzene rings is 1. The second kappa shape index (κ2) is 8.53. The first-order chi connectivity index (χ1) is 9.29. The van der Waals surface area contributed by atoms with E-state index < -0.39 is 0 Å². The molecule has 102 valence electrons. The lowest BCUT2D eigenvalue weighted by molar-refractivity contribution is 0.372. The van der Waals surface area contributed by atoms with E-state index in [0.717, 1.165) is 32.1 Å². The van der Waals surface area contributed by atoms with Gasteiger partial charge in [-0.15, -0.1) is 13.2 Å². The molecule has 1 rings (SSSR count). The van der Waals surface area contributed by atoms with E-state index in [0.29, 0.717) is 0 Å². The van der Waals surface area contributed by atoms with Crippen molar-refractivity contribution < 1.29 is 0 Å². The number of rotatable bonds is 9. The monoisotopic (exact) mass is 254 g/mol. The molecule has 0 nitrogen and oxygen atoms in total. The minimum Gasteiger partial charge on any atom is -0.103 e. The van der Waals surface area contributed by atoms with Gasteiger partial charge in [-0.3, -0.25) is 0 Å². The third-order valence-corrected chi connectivity index (χ3v) is 3.78. The van der Waals surface area contributed by atoms with Gasteiger partial charge in [-0.2, -0.15) is 0 Å². The summed E-state index contributed by atoms with van der Waals surface area (Å²) >= 11 is 0. The van der Waals surface area contributed by atoms with Crippen LogP contribution in [0.25, 0.3) is 0 Å². The minimum atomic E-state index is 0.218. The van der Waals surface area contributed by atoms with E-state index >= 15 is 0 Å². The molecule has 0 saturated heterocycles. The minimum absolute atomic E-state index is 0.218. The maximum atomic E-state index is 3.88. The Bertz CT molecular complexity index is 385. The second-order valence-corrected chi connectivity index (χ2v) is 5.07. The highest BCUT2D eigenvalue weighted by Gasteiger charge is 2.29. The highest BCUT2D eigenvalue weighted by Crippen LogP contribution is 2.38. The molecule has 19 heavy (non-hydrogen) atoms. The van der Waals surface area contributed by atoms with Crippen molar-refractivity contribution in [3.63, 3.8) is 0 Å². The van der Waals surface area contributed by atoms with Gasteiger partial charge in [-0.05, 0) is 50.0 Å². The second-order valence-electron chi connectivity index (χ2n) is 5.07. The van der Waals surface area contributed by atoms with Crippen molar-refractivity contribution in [3.8, 4) is 0 Å². The highest BCUT2D eigenvalue weighted by atomic mass is 14.3. The largest absolute Gasteiger partial charge is 0.103 e. The van der Waals surface area contributed by atoms with Gasteiger partial charge >= 0.3 is 0 Å². The third kappa shape index (κ3) is 4.55. The fourth-order valence-corrected chi connectivity index (χ4v) is 2.63. The molecule has 0 atom stereocenters. The maximum Gasteiger partial charge on any atom is -0.000667 e. The summed E-state index contributed by atoms with van der Waals surface area (Å²) in [7, 11) is 0. The van der Waals surface area contributed by atoms with Crippen LogP contribution in [0.1, 0.15) is 44.6 Å². The molecule has 0 heterocycles. The molecule has 0 aromatic heterocycles. The molecular weight excluding hydrogens is 228 g/mol. The van der Waals surface area contributed by atoms with Crippen molar-refractivity contribution in [2.75, 3.05) is 0 Å². The maximum absolute atomic E-state index is 3.88. The Morgan fingerprint density at radius 1 is 1.00 bits per heavy atom. The van der Waals surface area contributed by atoms with Crippen molar-refractivity contribution in [1.29, 1.82) is 0 Å². The summed E-state index contributed by atoms with van der Waals surface area (Å²) in [6, 6.07) is 10.9. The first kappa shape index (κ1) is 15.5. The first-order valence-electron chi connectivity index (χ1n) is 7.17. The summed E-state index contributed by atoms with van der Waals surface area (Å²) < 4.78 is 0. The van der Waals surface area contributed by atoms with Crippen LogP contribution in [0.3, 0.4) is 0 Å². The zero-order valence-corrected chi connectivity index (χ0v) is 12.1. The molecular formula is C19H26. The summed E-state index contributed by atoms with van der Waals surface area (Å²) in [5.74, 6) is 0. The smallest absolute Gasteiger partial charge is 0.000667 e. The lowest BCUT2D eigenvalue weighted by atomic mass is 9.71. The van der Waals surface area contributed by atoms with Crippen molar-refractivity contribution >= 4 is 0 Å². The van der Waals surface area contributed by atoms with Crippen LogP contribution in [0.4, 0.5) is 0 Å².